The number of aliphatic hydroxyl groups excluding tert-OH is 3. The Bertz CT molecular complexity index is 2000. The molecule has 4 heterocycles. The highest BCUT2D eigenvalue weighted by Crippen LogP contribution is 2.40. The van der Waals surface area contributed by atoms with Crippen LogP contribution in [0.2, 0.25) is 0 Å². The normalized spacial score (nSPS) is 40.4. The average molecular weight is 1060 g/mol. The molecular formula is C53H91FN6O14. The molecule has 1 aromatic rings. The van der Waals surface area contributed by atoms with Crippen molar-refractivity contribution in [2.45, 2.75) is 211 Å². The highest BCUT2D eigenvalue weighted by molar-refractivity contribution is 5.98. The fourth-order valence-corrected chi connectivity index (χ4v) is 11.6. The lowest BCUT2D eigenvalue weighted by Crippen LogP contribution is -2.61. The number of carbonyl (C=O) groups excluding carboxylic acids is 1. The Morgan fingerprint density at radius 3 is 2.26 bits per heavy atom. The maximum absolute atomic E-state index is 14.8. The van der Waals surface area contributed by atoms with E-state index in [1.54, 1.807) is 78.7 Å². The summed E-state index contributed by atoms with van der Waals surface area (Å²) in [6.07, 6.45) is -7.82. The van der Waals surface area contributed by atoms with Gasteiger partial charge in [0.2, 0.25) is 0 Å². The van der Waals surface area contributed by atoms with Crippen molar-refractivity contribution in [3.63, 3.8) is 0 Å². The van der Waals surface area contributed by atoms with Crippen LogP contribution in [0.1, 0.15) is 125 Å². The summed E-state index contributed by atoms with van der Waals surface area (Å²) in [6.45, 7) is 19.2. The van der Waals surface area contributed by atoms with Crippen molar-refractivity contribution in [3.8, 4) is 0 Å². The number of ether oxygens (including phenoxy) is 7. The van der Waals surface area contributed by atoms with Crippen molar-refractivity contribution in [2.75, 3.05) is 48.1 Å². The fraction of sp³-hybridized carbons (Fsp3) is 0.811. The molecule has 0 unspecified atom stereocenters. The summed E-state index contributed by atoms with van der Waals surface area (Å²) in [5.41, 5.74) is 4.30. The number of aliphatic hydroxyl groups is 5. The number of cyclic esters (lactones) is 1. The molecule has 8 N–H and O–H groups in total. The molecule has 21 heteroatoms. The molecule has 4 aliphatic heterocycles. The minimum atomic E-state index is -1.85. The number of rotatable bonds is 16. The first-order valence-corrected chi connectivity index (χ1v) is 26.3. The average Bonchev–Trinajstić information content (AvgIpc) is 3.84. The van der Waals surface area contributed by atoms with Crippen LogP contribution < -0.4 is 11.0 Å². The van der Waals surface area contributed by atoms with Gasteiger partial charge in [0.1, 0.15) is 48.8 Å². The number of nitrogens with zero attached hydrogens (tertiary/aromatic N) is 4. The summed E-state index contributed by atoms with van der Waals surface area (Å²) in [6, 6.07) is 5.39. The number of alkyl halides is 1. The van der Waals surface area contributed by atoms with Gasteiger partial charge in [-0.2, -0.15) is 0 Å². The molecule has 0 aromatic heterocycles. The van der Waals surface area contributed by atoms with Crippen LogP contribution in [-0.4, -0.2) is 202 Å². The van der Waals surface area contributed by atoms with Gasteiger partial charge >= 0.3 is 5.97 Å². The van der Waals surface area contributed by atoms with Gasteiger partial charge in [0.25, 0.3) is 0 Å². The van der Waals surface area contributed by atoms with E-state index in [4.69, 9.17) is 33.2 Å². The molecule has 20 atom stereocenters. The second kappa shape index (κ2) is 26.0. The maximum atomic E-state index is 14.8. The summed E-state index contributed by atoms with van der Waals surface area (Å²) in [4.78, 5) is 18.4. The fourth-order valence-electron chi connectivity index (χ4n) is 11.6. The first-order valence-electron chi connectivity index (χ1n) is 26.3. The molecule has 20 nitrogen and oxygen atoms in total. The van der Waals surface area contributed by atoms with Gasteiger partial charge in [-0.05, 0) is 106 Å². The quantitative estimate of drug-likeness (QED) is 0.0508. The third-order valence-corrected chi connectivity index (χ3v) is 16.4. The number of benzene rings is 1. The molecule has 3 saturated heterocycles. The highest BCUT2D eigenvalue weighted by atomic mass is 19.1. The van der Waals surface area contributed by atoms with Crippen molar-refractivity contribution in [1.29, 1.82) is 0 Å². The third-order valence-electron chi connectivity index (χ3n) is 16.4. The van der Waals surface area contributed by atoms with E-state index >= 15 is 0 Å². The van der Waals surface area contributed by atoms with E-state index in [-0.39, 0.29) is 25.2 Å². The van der Waals surface area contributed by atoms with E-state index in [0.717, 1.165) is 16.8 Å². The van der Waals surface area contributed by atoms with E-state index in [1.165, 1.54) is 21.1 Å². The van der Waals surface area contributed by atoms with Gasteiger partial charge in [-0.1, -0.05) is 50.2 Å². The predicted molar refractivity (Wildman–Crippen MR) is 274 cm³/mol. The van der Waals surface area contributed by atoms with E-state index in [1.807, 2.05) is 49.9 Å². The summed E-state index contributed by atoms with van der Waals surface area (Å²) >= 11 is 0. The molecule has 0 saturated carbocycles. The number of hydrogen-bond acceptors (Lipinski definition) is 20. The third kappa shape index (κ3) is 14.1. The molecule has 0 aliphatic carbocycles. The second-order valence-electron chi connectivity index (χ2n) is 22.4. The van der Waals surface area contributed by atoms with Crippen LogP contribution in [-0.2, 0) is 38.0 Å². The topological polar surface area (TPSA) is 249 Å². The zero-order valence-electron chi connectivity index (χ0n) is 46.5. The van der Waals surface area contributed by atoms with E-state index < -0.39 is 127 Å². The van der Waals surface area contributed by atoms with Gasteiger partial charge in [0.05, 0.1) is 47.2 Å². The van der Waals surface area contributed by atoms with Crippen molar-refractivity contribution in [1.82, 2.24) is 25.8 Å². The molecule has 74 heavy (non-hydrogen) atoms. The number of carbonyl (C=O) groups is 1. The number of hydrazine groups is 2. The minimum Gasteiger partial charge on any atom is -0.459 e. The monoisotopic (exact) mass is 1050 g/mol. The summed E-state index contributed by atoms with van der Waals surface area (Å²) in [5.74, 6) is -2.88. The number of esters is 1. The van der Waals surface area contributed by atoms with Crippen molar-refractivity contribution in [2.24, 2.45) is 22.9 Å². The largest absolute Gasteiger partial charge is 0.459 e. The van der Waals surface area contributed by atoms with Crippen LogP contribution in [0.25, 0.3) is 0 Å². The number of likely N-dealkylation sites (N-methyl/N-ethyl adjacent to an activating group) is 2. The molecule has 4 aliphatic rings. The Kier molecular flexibility index (Phi) is 21.7. The lowest BCUT2D eigenvalue weighted by Gasteiger charge is -2.49. The number of oxime groups is 1. The molecule has 1 aromatic carbocycles. The van der Waals surface area contributed by atoms with Crippen LogP contribution in [0.4, 0.5) is 4.39 Å². The van der Waals surface area contributed by atoms with Crippen molar-refractivity contribution < 1.29 is 73.1 Å². The second-order valence-corrected chi connectivity index (χ2v) is 22.4. The van der Waals surface area contributed by atoms with Gasteiger partial charge in [0.15, 0.2) is 12.6 Å². The molecule has 3 fully saturated rings. The Balaban J connectivity index is 1.43. The highest BCUT2D eigenvalue weighted by Gasteiger charge is 2.53. The molecule has 0 radical (unpaired) electrons. The molecule has 0 spiro atoms. The van der Waals surface area contributed by atoms with Gasteiger partial charge in [-0.3, -0.25) is 9.80 Å². The Hall–Kier alpha value is -3.13. The van der Waals surface area contributed by atoms with E-state index in [2.05, 4.69) is 16.1 Å². The van der Waals surface area contributed by atoms with Crippen LogP contribution in [0.3, 0.4) is 0 Å². The molecule has 5 rings (SSSR count). The maximum Gasteiger partial charge on any atom is 0.311 e. The van der Waals surface area contributed by atoms with Gasteiger partial charge in [0, 0.05) is 70.0 Å². The molecular weight excluding hydrogens is 964 g/mol. The molecule has 424 valence electrons. The number of methoxy groups -OCH3 is 2. The number of nitrogens with one attached hydrogen (secondary N) is 2. The van der Waals surface area contributed by atoms with Crippen LogP contribution in [0.15, 0.2) is 41.3 Å². The van der Waals surface area contributed by atoms with E-state index in [9.17, 15) is 39.9 Å². The van der Waals surface area contributed by atoms with Gasteiger partial charge in [-0.25, -0.2) is 4.39 Å². The first kappa shape index (κ1) is 61.7. The lowest BCUT2D eigenvalue weighted by atomic mass is 9.77. The molecule has 0 amide bonds. The van der Waals surface area contributed by atoms with Crippen molar-refractivity contribution in [3.05, 3.63) is 47.3 Å². The predicted octanol–water partition coefficient (Wildman–Crippen LogP) is 3.75. The van der Waals surface area contributed by atoms with Crippen LogP contribution >= 0.6 is 0 Å². The minimum absolute atomic E-state index is 0.0829. The number of hydrogen-bond donors (Lipinski definition) is 8. The SMILES string of the molecule is CC[C@H]1OC(=O)[C@H](C)[C@@H](O[C@H]2C[C@@](C)(OC)[C@@H](O)[C@H](C)O2)[C@H](C)[C@@H](O[C@@H]2O[C@H](C)C[C@H](N(C)CCC3=CN([C@H](CF)[C@H](OC)c4ccc(/C(C)=N/O)cc4)NN3)[C@H]2O)[C@](C)(O)C[C@@H](C)CN(C)[C@H](C)[C@@H](O)[C@]1(C)O. The zero-order chi connectivity index (χ0) is 55.2. The van der Waals surface area contributed by atoms with Gasteiger partial charge in [-0.15, -0.1) is 5.53 Å². The van der Waals surface area contributed by atoms with Crippen LogP contribution in [0.5, 0.6) is 0 Å². The number of halogens is 1. The lowest BCUT2D eigenvalue weighted by molar-refractivity contribution is -0.318. The molecule has 0 bridgehead atoms. The van der Waals surface area contributed by atoms with Crippen LogP contribution in [0, 0.1) is 17.8 Å². The zero-order valence-corrected chi connectivity index (χ0v) is 46.5. The standard InChI is InChI=1S/C53H91FN6O14/c1-16-41-53(11,66)46(62)34(7)59(13)27-29(2)24-51(9,65)48(31(4)44(32(5)49(64)72-41)73-42-25-52(10,69-15)47(63)35(8)71-42)74-50-43(61)39(23-30(3)70-50)58(12)22-21-38-28-60(57-55-38)40(26-54)45(68-14)37-19-17-36(18-20-37)33(6)56-67/h17-20,28-32,34-35,39-48,50,55,57,61-63,65-67H,16,21-27H2,1-15H3/b56-33+/t29-,30-,31+,32-,34-,35+,39+,40-,41-,42+,43-,44+,45-,46-,47+,48-,50+,51-,52-,53-/m1/s1. The first-order chi connectivity index (χ1) is 34.7. The van der Waals surface area contributed by atoms with E-state index in [0.29, 0.717) is 31.6 Å². The summed E-state index contributed by atoms with van der Waals surface area (Å²) < 4.78 is 58.9. The Labute approximate surface area is 438 Å². The Morgan fingerprint density at radius 1 is 1.00 bits per heavy atom. The smallest absolute Gasteiger partial charge is 0.311 e. The van der Waals surface area contributed by atoms with Gasteiger partial charge < -0.3 is 79.1 Å². The summed E-state index contributed by atoms with van der Waals surface area (Å²) in [7, 11) is 6.74. The Morgan fingerprint density at radius 2 is 1.66 bits per heavy atom. The van der Waals surface area contributed by atoms with Crippen molar-refractivity contribution >= 4 is 11.7 Å². The summed E-state index contributed by atoms with van der Waals surface area (Å²) in [5, 5.41) is 73.9.